The smallest absolute Gasteiger partial charge is 0.410 e. The summed E-state index contributed by atoms with van der Waals surface area (Å²) in [6.07, 6.45) is 0.683. The van der Waals surface area contributed by atoms with E-state index in [4.69, 9.17) is 9.47 Å². The Kier molecular flexibility index (Phi) is 5.29. The Morgan fingerprint density at radius 3 is 2.64 bits per heavy atom. The molecule has 0 unspecified atom stereocenters. The van der Waals surface area contributed by atoms with E-state index in [9.17, 15) is 4.79 Å². The molecule has 0 saturated carbocycles. The summed E-state index contributed by atoms with van der Waals surface area (Å²) >= 11 is 0. The monoisotopic (exact) mass is 306 g/mol. The number of para-hydroxylation sites is 1. The zero-order valence-electron chi connectivity index (χ0n) is 13.9. The number of likely N-dealkylation sites (tertiary alicyclic amines) is 1. The molecular formula is C17H26N2O3. The molecule has 1 aliphatic heterocycles. The number of carbonyl (C=O) groups is 1. The van der Waals surface area contributed by atoms with Crippen LogP contribution in [0.1, 0.15) is 26.3 Å². The molecule has 1 aromatic rings. The molecule has 0 bridgehead atoms. The van der Waals surface area contributed by atoms with Crippen LogP contribution >= 0.6 is 0 Å². The second kappa shape index (κ2) is 7.01. The van der Waals surface area contributed by atoms with E-state index in [1.807, 2.05) is 39.0 Å². The van der Waals surface area contributed by atoms with Gasteiger partial charge in [0.2, 0.25) is 0 Å². The third kappa shape index (κ3) is 4.63. The van der Waals surface area contributed by atoms with Crippen LogP contribution in [0.3, 0.4) is 0 Å². The zero-order valence-corrected chi connectivity index (χ0v) is 13.9. The van der Waals surface area contributed by atoms with Crippen LogP contribution < -0.4 is 10.1 Å². The first kappa shape index (κ1) is 16.6. The van der Waals surface area contributed by atoms with Gasteiger partial charge in [0.1, 0.15) is 11.4 Å². The minimum atomic E-state index is -0.431. The average Bonchev–Trinajstić information content (AvgIpc) is 2.39. The lowest BCUT2D eigenvalue weighted by atomic mass is 10.1. The minimum absolute atomic E-state index is 0.227. The Hall–Kier alpha value is -1.75. The van der Waals surface area contributed by atoms with Gasteiger partial charge in [-0.3, -0.25) is 0 Å². The molecule has 22 heavy (non-hydrogen) atoms. The second-order valence-corrected chi connectivity index (χ2v) is 6.60. The van der Waals surface area contributed by atoms with Gasteiger partial charge in [-0.15, -0.1) is 0 Å². The maximum Gasteiger partial charge on any atom is 0.410 e. The fourth-order valence-electron chi connectivity index (χ4n) is 2.40. The summed E-state index contributed by atoms with van der Waals surface area (Å²) in [5, 5.41) is 3.46. The molecule has 1 saturated heterocycles. The molecule has 0 atom stereocenters. The number of hydrogen-bond acceptors (Lipinski definition) is 4. The summed E-state index contributed by atoms with van der Waals surface area (Å²) in [5.41, 5.74) is 0.764. The van der Waals surface area contributed by atoms with Crippen molar-refractivity contribution in [1.82, 2.24) is 10.2 Å². The quantitative estimate of drug-likeness (QED) is 0.908. The molecule has 1 heterocycles. The Labute approximate surface area is 132 Å². The lowest BCUT2D eigenvalue weighted by molar-refractivity contribution is 0.00542. The highest BCUT2D eigenvalue weighted by molar-refractivity contribution is 5.69. The van der Waals surface area contributed by atoms with Gasteiger partial charge in [0, 0.05) is 19.1 Å². The number of ether oxygens (including phenoxy) is 2. The topological polar surface area (TPSA) is 50.8 Å². The predicted molar refractivity (Wildman–Crippen MR) is 86.3 cm³/mol. The molecule has 1 fully saturated rings. The predicted octanol–water partition coefficient (Wildman–Crippen LogP) is 2.45. The molecule has 5 nitrogen and oxygen atoms in total. The van der Waals surface area contributed by atoms with Crippen molar-refractivity contribution in [2.75, 3.05) is 26.7 Å². The highest BCUT2D eigenvalue weighted by atomic mass is 16.6. The molecule has 122 valence electrons. The molecule has 1 aliphatic rings. The van der Waals surface area contributed by atoms with E-state index in [1.165, 1.54) is 5.56 Å². The van der Waals surface area contributed by atoms with Crippen molar-refractivity contribution in [2.24, 2.45) is 0 Å². The van der Waals surface area contributed by atoms with Crippen molar-refractivity contribution in [3.63, 3.8) is 0 Å². The fourth-order valence-corrected chi connectivity index (χ4v) is 2.40. The number of nitrogens with zero attached hydrogens (tertiary/aromatic N) is 1. The zero-order chi connectivity index (χ0) is 16.2. The van der Waals surface area contributed by atoms with Crippen LogP contribution in [0.2, 0.25) is 0 Å². The number of methoxy groups -OCH3 is 1. The van der Waals surface area contributed by atoms with Crippen LogP contribution in [0.4, 0.5) is 4.79 Å². The van der Waals surface area contributed by atoms with Gasteiger partial charge in [0.25, 0.3) is 0 Å². The summed E-state index contributed by atoms with van der Waals surface area (Å²) in [7, 11) is 1.69. The maximum atomic E-state index is 11.8. The molecule has 1 aromatic carbocycles. The Morgan fingerprint density at radius 1 is 1.32 bits per heavy atom. The molecule has 1 N–H and O–H groups in total. The van der Waals surface area contributed by atoms with Gasteiger partial charge in [0.05, 0.1) is 7.11 Å². The molecular weight excluding hydrogens is 280 g/mol. The second-order valence-electron chi connectivity index (χ2n) is 6.60. The average molecular weight is 306 g/mol. The van der Waals surface area contributed by atoms with E-state index in [-0.39, 0.29) is 6.09 Å². The van der Waals surface area contributed by atoms with Crippen LogP contribution in [-0.4, -0.2) is 49.4 Å². The minimum Gasteiger partial charge on any atom is -0.496 e. The molecule has 0 spiro atoms. The van der Waals surface area contributed by atoms with E-state index in [2.05, 4.69) is 11.4 Å². The summed E-state index contributed by atoms with van der Waals surface area (Å²) in [6.45, 7) is 7.93. The largest absolute Gasteiger partial charge is 0.496 e. The fraction of sp³-hybridized carbons (Fsp3) is 0.588. The molecule has 0 radical (unpaired) electrons. The Balaban J connectivity index is 1.67. The number of rotatable bonds is 5. The summed E-state index contributed by atoms with van der Waals surface area (Å²) < 4.78 is 10.7. The van der Waals surface area contributed by atoms with Gasteiger partial charge in [-0.2, -0.15) is 0 Å². The number of benzene rings is 1. The summed E-state index contributed by atoms with van der Waals surface area (Å²) in [5.74, 6) is 0.924. The highest BCUT2D eigenvalue weighted by Gasteiger charge is 2.33. The lowest BCUT2D eigenvalue weighted by Crippen LogP contribution is -2.60. The first-order valence-corrected chi connectivity index (χ1v) is 7.72. The molecule has 0 aliphatic carbocycles. The van der Waals surface area contributed by atoms with Crippen LogP contribution in [-0.2, 0) is 11.2 Å². The van der Waals surface area contributed by atoms with E-state index in [1.54, 1.807) is 12.0 Å². The van der Waals surface area contributed by atoms with Gasteiger partial charge in [-0.1, -0.05) is 18.2 Å². The van der Waals surface area contributed by atoms with Crippen molar-refractivity contribution >= 4 is 6.09 Å². The van der Waals surface area contributed by atoms with E-state index >= 15 is 0 Å². The van der Waals surface area contributed by atoms with Gasteiger partial charge >= 0.3 is 6.09 Å². The third-order valence-electron chi connectivity index (χ3n) is 3.55. The first-order valence-electron chi connectivity index (χ1n) is 7.72. The number of hydrogen-bond donors (Lipinski definition) is 1. The van der Waals surface area contributed by atoms with E-state index in [0.717, 1.165) is 18.7 Å². The molecule has 5 heteroatoms. The van der Waals surface area contributed by atoms with Gasteiger partial charge < -0.3 is 19.7 Å². The number of amides is 1. The Morgan fingerprint density at radius 2 is 2.00 bits per heavy atom. The maximum absolute atomic E-state index is 11.8. The van der Waals surface area contributed by atoms with Crippen molar-refractivity contribution in [3.8, 4) is 5.75 Å². The van der Waals surface area contributed by atoms with E-state index in [0.29, 0.717) is 19.1 Å². The lowest BCUT2D eigenvalue weighted by Gasteiger charge is -2.40. The van der Waals surface area contributed by atoms with Crippen molar-refractivity contribution in [3.05, 3.63) is 29.8 Å². The summed E-state index contributed by atoms with van der Waals surface area (Å²) in [4.78, 5) is 13.6. The van der Waals surface area contributed by atoms with Crippen LogP contribution in [0.25, 0.3) is 0 Å². The van der Waals surface area contributed by atoms with Crippen LogP contribution in [0, 0.1) is 0 Å². The van der Waals surface area contributed by atoms with Crippen molar-refractivity contribution in [1.29, 1.82) is 0 Å². The number of nitrogens with one attached hydrogen (secondary N) is 1. The van der Waals surface area contributed by atoms with Crippen molar-refractivity contribution < 1.29 is 14.3 Å². The number of carbonyl (C=O) groups excluding carboxylic acids is 1. The van der Waals surface area contributed by atoms with Crippen molar-refractivity contribution in [2.45, 2.75) is 38.8 Å². The molecule has 2 rings (SSSR count). The van der Waals surface area contributed by atoms with E-state index < -0.39 is 5.60 Å². The Bertz CT molecular complexity index is 505. The first-order chi connectivity index (χ1) is 10.4. The standard InChI is InChI=1S/C17H26N2O3/c1-17(2,3)22-16(20)19-11-14(12-19)18-10-9-13-7-5-6-8-15(13)21-4/h5-8,14,18H,9-12H2,1-4H3. The SMILES string of the molecule is COc1ccccc1CCNC1CN(C(=O)OC(C)(C)C)C1. The normalized spacial score (nSPS) is 15.4. The van der Waals surface area contributed by atoms with Crippen LogP contribution in [0.5, 0.6) is 5.75 Å². The molecule has 1 amide bonds. The summed E-state index contributed by atoms with van der Waals surface area (Å²) in [6, 6.07) is 8.39. The van der Waals surface area contributed by atoms with Gasteiger partial charge in [-0.05, 0) is 45.4 Å². The highest BCUT2D eigenvalue weighted by Crippen LogP contribution is 2.18. The van der Waals surface area contributed by atoms with Crippen LogP contribution in [0.15, 0.2) is 24.3 Å². The third-order valence-corrected chi connectivity index (χ3v) is 3.55. The molecule has 0 aromatic heterocycles. The van der Waals surface area contributed by atoms with Gasteiger partial charge in [0.15, 0.2) is 0 Å². The van der Waals surface area contributed by atoms with Gasteiger partial charge in [-0.25, -0.2) is 4.79 Å².